The largest absolute Gasteiger partial charge is 0.371 e. The molecule has 0 fully saturated rings. The lowest BCUT2D eigenvalue weighted by molar-refractivity contribution is -0.117. The Hall–Kier alpha value is -3.15. The normalized spacial score (nSPS) is 16.0. The maximum atomic E-state index is 14.7. The topological polar surface area (TPSA) is 56.4 Å². The molecule has 0 atom stereocenters. The minimum absolute atomic E-state index is 0.144. The number of anilines is 1. The van der Waals surface area contributed by atoms with Crippen molar-refractivity contribution in [1.82, 2.24) is 9.88 Å². The molecule has 0 radical (unpaired) electrons. The lowest BCUT2D eigenvalue weighted by Crippen LogP contribution is -2.27. The number of pyridine rings is 1. The molecular formula is C22H22FN3O2. The number of hydrogen-bond donors (Lipinski definition) is 1. The molecule has 0 spiro atoms. The molecule has 1 amide bonds. The molecule has 2 aliphatic rings. The number of benzene rings is 1. The van der Waals surface area contributed by atoms with Gasteiger partial charge in [-0.25, -0.2) is 4.39 Å². The Balaban J connectivity index is 1.79. The molecule has 0 bridgehead atoms. The van der Waals surface area contributed by atoms with Gasteiger partial charge in [0.1, 0.15) is 5.82 Å². The first-order chi connectivity index (χ1) is 13.3. The molecule has 144 valence electrons. The van der Waals surface area contributed by atoms with Gasteiger partial charge in [-0.05, 0) is 48.7 Å². The van der Waals surface area contributed by atoms with E-state index < -0.39 is 5.82 Å². The molecule has 3 heterocycles. The third kappa shape index (κ3) is 3.05. The fourth-order valence-electron chi connectivity index (χ4n) is 3.70. The fraction of sp³-hybridized carbons (Fsp3) is 0.273. The molecule has 0 saturated carbocycles. The number of carbonyl (C=O) groups excluding carboxylic acids is 1. The van der Waals surface area contributed by atoms with E-state index in [1.807, 2.05) is 6.08 Å². The number of rotatable bonds is 3. The number of H-pyrrole nitrogens is 1. The van der Waals surface area contributed by atoms with Crippen LogP contribution in [0.25, 0.3) is 16.7 Å². The quantitative estimate of drug-likeness (QED) is 0.890. The van der Waals surface area contributed by atoms with Crippen molar-refractivity contribution in [2.75, 3.05) is 18.5 Å². The van der Waals surface area contributed by atoms with E-state index in [2.05, 4.69) is 36.0 Å². The summed E-state index contributed by atoms with van der Waals surface area (Å²) >= 11 is 0. The summed E-state index contributed by atoms with van der Waals surface area (Å²) in [5.41, 5.74) is 3.31. The smallest absolute Gasteiger partial charge is 0.255 e. The lowest BCUT2D eigenvalue weighted by atomic mass is 9.98. The number of hydrogen-bond acceptors (Lipinski definition) is 3. The Morgan fingerprint density at radius 2 is 1.93 bits per heavy atom. The van der Waals surface area contributed by atoms with Crippen molar-refractivity contribution in [3.05, 3.63) is 70.0 Å². The van der Waals surface area contributed by atoms with Crippen LogP contribution in [-0.2, 0) is 11.2 Å². The molecule has 1 aromatic carbocycles. The minimum atomic E-state index is -0.492. The zero-order valence-corrected chi connectivity index (χ0v) is 16.1. The van der Waals surface area contributed by atoms with Crippen LogP contribution in [0.15, 0.2) is 47.5 Å². The third-order valence-corrected chi connectivity index (χ3v) is 5.32. The Bertz CT molecular complexity index is 1080. The Labute approximate surface area is 162 Å². The summed E-state index contributed by atoms with van der Waals surface area (Å²) < 4.78 is 14.7. The Morgan fingerprint density at radius 3 is 2.68 bits per heavy atom. The predicted octanol–water partition coefficient (Wildman–Crippen LogP) is 3.32. The highest BCUT2D eigenvalue weighted by Crippen LogP contribution is 2.34. The van der Waals surface area contributed by atoms with Crippen molar-refractivity contribution in [2.45, 2.75) is 26.3 Å². The summed E-state index contributed by atoms with van der Waals surface area (Å²) in [4.78, 5) is 30.7. The van der Waals surface area contributed by atoms with Crippen LogP contribution in [0.1, 0.15) is 25.0 Å². The molecule has 1 N–H and O–H groups in total. The van der Waals surface area contributed by atoms with Crippen molar-refractivity contribution < 1.29 is 9.18 Å². The highest BCUT2D eigenvalue weighted by molar-refractivity contribution is 6.01. The summed E-state index contributed by atoms with van der Waals surface area (Å²) in [7, 11) is 1.56. The van der Waals surface area contributed by atoms with Gasteiger partial charge in [-0.15, -0.1) is 0 Å². The summed E-state index contributed by atoms with van der Waals surface area (Å²) in [6.07, 6.45) is 7.99. The van der Waals surface area contributed by atoms with Gasteiger partial charge < -0.3 is 14.8 Å². The second kappa shape index (κ2) is 6.78. The van der Waals surface area contributed by atoms with Gasteiger partial charge in [0, 0.05) is 43.2 Å². The van der Waals surface area contributed by atoms with Crippen LogP contribution in [0.2, 0.25) is 0 Å². The van der Waals surface area contributed by atoms with E-state index in [-0.39, 0.29) is 17.9 Å². The number of likely N-dealkylation sites (N-methyl/N-ethyl adjacent to an activating group) is 1. The van der Waals surface area contributed by atoms with Crippen LogP contribution in [0, 0.1) is 5.82 Å². The maximum Gasteiger partial charge on any atom is 0.255 e. The molecule has 2 aromatic rings. The highest BCUT2D eigenvalue weighted by Gasteiger charge is 2.28. The standard InChI is InChI=1S/C22H22FN3O2/c1-13(2)26-6-4-5-14(12-26)17-8-18(22(28)24-11-17)15-7-16-10-20(27)25(3)21(16)19(23)9-15/h4-5,7-9,11-13H,6,10H2,1-3H3,(H,24,28). The number of aromatic nitrogens is 1. The van der Waals surface area contributed by atoms with E-state index in [4.69, 9.17) is 0 Å². The molecule has 4 rings (SSSR count). The molecule has 1 aromatic heterocycles. The molecule has 0 unspecified atom stereocenters. The van der Waals surface area contributed by atoms with Crippen LogP contribution >= 0.6 is 0 Å². The second-order valence-corrected chi connectivity index (χ2v) is 7.50. The third-order valence-electron chi connectivity index (χ3n) is 5.32. The fourth-order valence-corrected chi connectivity index (χ4v) is 3.70. The molecule has 0 aliphatic carbocycles. The van der Waals surface area contributed by atoms with Gasteiger partial charge >= 0.3 is 0 Å². The number of nitrogens with zero attached hydrogens (tertiary/aromatic N) is 2. The molecule has 28 heavy (non-hydrogen) atoms. The predicted molar refractivity (Wildman–Crippen MR) is 109 cm³/mol. The zero-order valence-electron chi connectivity index (χ0n) is 16.1. The number of halogens is 1. The summed E-state index contributed by atoms with van der Waals surface area (Å²) in [6, 6.07) is 5.20. The van der Waals surface area contributed by atoms with Crippen molar-refractivity contribution in [3.8, 4) is 11.1 Å². The number of amides is 1. The van der Waals surface area contributed by atoms with Gasteiger partial charge in [-0.2, -0.15) is 0 Å². The van der Waals surface area contributed by atoms with E-state index in [1.54, 1.807) is 25.4 Å². The first-order valence-electron chi connectivity index (χ1n) is 9.31. The highest BCUT2D eigenvalue weighted by atomic mass is 19.1. The zero-order chi connectivity index (χ0) is 20.0. The number of aromatic amines is 1. The first kappa shape index (κ1) is 18.2. The molecule has 5 nitrogen and oxygen atoms in total. The maximum absolute atomic E-state index is 14.7. The van der Waals surface area contributed by atoms with E-state index >= 15 is 0 Å². The molecule has 0 saturated heterocycles. The van der Waals surface area contributed by atoms with Crippen LogP contribution in [0.4, 0.5) is 10.1 Å². The van der Waals surface area contributed by atoms with Crippen LogP contribution in [0.3, 0.4) is 0 Å². The second-order valence-electron chi connectivity index (χ2n) is 7.50. The van der Waals surface area contributed by atoms with Crippen molar-refractivity contribution in [3.63, 3.8) is 0 Å². The Kier molecular flexibility index (Phi) is 4.41. The minimum Gasteiger partial charge on any atom is -0.371 e. The van der Waals surface area contributed by atoms with Gasteiger partial charge in [0.15, 0.2) is 0 Å². The van der Waals surface area contributed by atoms with Crippen molar-refractivity contribution in [2.24, 2.45) is 0 Å². The number of carbonyl (C=O) groups is 1. The van der Waals surface area contributed by atoms with Gasteiger partial charge in [-0.3, -0.25) is 9.59 Å². The van der Waals surface area contributed by atoms with Gasteiger partial charge in [0.05, 0.1) is 12.1 Å². The Morgan fingerprint density at radius 1 is 1.14 bits per heavy atom. The summed E-state index contributed by atoms with van der Waals surface area (Å²) in [5.74, 6) is -0.645. The lowest BCUT2D eigenvalue weighted by Gasteiger charge is -2.27. The van der Waals surface area contributed by atoms with E-state index in [9.17, 15) is 14.0 Å². The number of fused-ring (bicyclic) bond motifs is 1. The average Bonchev–Trinajstić information content (AvgIpc) is 2.96. The monoisotopic (exact) mass is 379 g/mol. The van der Waals surface area contributed by atoms with Crippen molar-refractivity contribution >= 4 is 17.2 Å². The molecular weight excluding hydrogens is 357 g/mol. The average molecular weight is 379 g/mol. The van der Waals surface area contributed by atoms with Gasteiger partial charge in [-0.1, -0.05) is 12.2 Å². The number of nitrogens with one attached hydrogen (secondary N) is 1. The summed E-state index contributed by atoms with van der Waals surface area (Å²) in [5, 5.41) is 0. The first-order valence-corrected chi connectivity index (χ1v) is 9.31. The summed E-state index contributed by atoms with van der Waals surface area (Å²) in [6.45, 7) is 5.09. The van der Waals surface area contributed by atoms with E-state index in [0.717, 1.165) is 17.7 Å². The van der Waals surface area contributed by atoms with E-state index in [1.165, 1.54) is 11.0 Å². The van der Waals surface area contributed by atoms with Crippen LogP contribution in [0.5, 0.6) is 0 Å². The van der Waals surface area contributed by atoms with Crippen molar-refractivity contribution in [1.29, 1.82) is 0 Å². The van der Waals surface area contributed by atoms with Gasteiger partial charge in [0.25, 0.3) is 5.56 Å². The van der Waals surface area contributed by atoms with Gasteiger partial charge in [0.2, 0.25) is 5.91 Å². The van der Waals surface area contributed by atoms with E-state index in [0.29, 0.717) is 28.4 Å². The SMILES string of the molecule is CC(C)N1C=C(c2c[nH]c(=O)c(-c3cc(F)c4c(c3)CC(=O)N4C)c2)C=CC1. The number of allylic oxidation sites excluding steroid dienone is 2. The molecule has 6 heteroatoms. The molecule has 2 aliphatic heterocycles. The van der Waals surface area contributed by atoms with Crippen LogP contribution < -0.4 is 10.5 Å². The van der Waals surface area contributed by atoms with Crippen LogP contribution in [-0.4, -0.2) is 35.4 Å².